The van der Waals surface area contributed by atoms with Crippen molar-refractivity contribution in [3.63, 3.8) is 0 Å². The van der Waals surface area contributed by atoms with Crippen molar-refractivity contribution in [2.75, 3.05) is 26.2 Å². The number of carbonyl (C=O) groups is 3. The van der Waals surface area contributed by atoms with Crippen LogP contribution in [-0.4, -0.2) is 89.1 Å². The van der Waals surface area contributed by atoms with Crippen LogP contribution in [-0.2, 0) is 14.3 Å². The maximum atomic E-state index is 13.4. The van der Waals surface area contributed by atoms with Gasteiger partial charge in [-0.3, -0.25) is 14.4 Å². The van der Waals surface area contributed by atoms with Crippen LogP contribution in [0, 0.1) is 5.92 Å². The van der Waals surface area contributed by atoms with Gasteiger partial charge >= 0.3 is 0 Å². The average molecular weight is 484 g/mol. The molecule has 35 heavy (non-hydrogen) atoms. The van der Waals surface area contributed by atoms with Crippen LogP contribution >= 0.6 is 0 Å². The largest absolute Gasteiger partial charge is 0.388 e. The number of carbonyl (C=O) groups excluding carboxylic acids is 3. The number of ketones is 1. The maximum Gasteiger partial charge on any atom is 0.251 e. The smallest absolute Gasteiger partial charge is 0.251 e. The summed E-state index contributed by atoms with van der Waals surface area (Å²) in [4.78, 5) is 42.8. The van der Waals surface area contributed by atoms with E-state index in [-0.39, 0.29) is 36.7 Å². The zero-order chi connectivity index (χ0) is 24.7. The summed E-state index contributed by atoms with van der Waals surface area (Å²) in [7, 11) is 0. The first-order valence-corrected chi connectivity index (χ1v) is 13.1. The molecule has 4 atom stereocenters. The van der Waals surface area contributed by atoms with E-state index in [0.29, 0.717) is 17.9 Å². The molecule has 1 aromatic rings. The number of likely N-dealkylation sites (tertiary alicyclic amines) is 2. The molecule has 4 aliphatic rings. The van der Waals surface area contributed by atoms with Gasteiger partial charge in [-0.1, -0.05) is 26.0 Å². The summed E-state index contributed by atoms with van der Waals surface area (Å²) in [6, 6.07) is 7.06. The minimum atomic E-state index is -0.894. The van der Waals surface area contributed by atoms with Crippen LogP contribution in [0.15, 0.2) is 24.3 Å². The molecule has 0 unspecified atom stereocenters. The normalized spacial score (nSPS) is 28.4. The number of fused-ring (bicyclic) bond motifs is 1. The first-order valence-electron chi connectivity index (χ1n) is 13.1. The number of aliphatic hydroxyl groups excluding tert-OH is 1. The van der Waals surface area contributed by atoms with Crippen molar-refractivity contribution in [2.24, 2.45) is 5.92 Å². The van der Waals surface area contributed by atoms with Gasteiger partial charge in [-0.15, -0.1) is 0 Å². The summed E-state index contributed by atoms with van der Waals surface area (Å²) in [6.07, 6.45) is 3.87. The molecule has 8 heteroatoms. The van der Waals surface area contributed by atoms with Crippen molar-refractivity contribution in [1.82, 2.24) is 15.1 Å². The second-order valence-electron chi connectivity index (χ2n) is 11.1. The number of piperidine rings is 1. The number of hydrogen-bond donors (Lipinski definition) is 2. The summed E-state index contributed by atoms with van der Waals surface area (Å²) < 4.78 is 5.39. The molecular formula is C27H37N3O5. The van der Waals surface area contributed by atoms with Crippen LogP contribution in [0.25, 0.3) is 0 Å². The van der Waals surface area contributed by atoms with E-state index in [1.165, 1.54) is 23.3 Å². The van der Waals surface area contributed by atoms with Crippen molar-refractivity contribution in [3.8, 4) is 0 Å². The lowest BCUT2D eigenvalue weighted by atomic mass is 9.89. The predicted molar refractivity (Wildman–Crippen MR) is 130 cm³/mol. The van der Waals surface area contributed by atoms with Gasteiger partial charge in [0, 0.05) is 11.6 Å². The SMILES string of the molecule is CC(C)C[C@H](NC(=O)c1ccc(C2CCN(C3CC3)CC2)cc1)C(=O)N1C[C@H](O)[C@H]2OCC(=O)[C@H]21. The quantitative estimate of drug-likeness (QED) is 0.613. The van der Waals surface area contributed by atoms with Gasteiger partial charge in [0.15, 0.2) is 5.78 Å². The summed E-state index contributed by atoms with van der Waals surface area (Å²) in [5, 5.41) is 13.2. The Labute approximate surface area is 207 Å². The van der Waals surface area contributed by atoms with Gasteiger partial charge in [-0.2, -0.15) is 0 Å². The number of hydrogen-bond acceptors (Lipinski definition) is 6. The van der Waals surface area contributed by atoms with Crippen LogP contribution in [0.5, 0.6) is 0 Å². The Bertz CT molecular complexity index is 952. The number of amides is 2. The molecule has 0 radical (unpaired) electrons. The molecule has 3 saturated heterocycles. The molecule has 2 N–H and O–H groups in total. The summed E-state index contributed by atoms with van der Waals surface area (Å²) in [5.74, 6) is -0.154. The molecule has 1 aliphatic carbocycles. The van der Waals surface area contributed by atoms with Crippen LogP contribution in [0.3, 0.4) is 0 Å². The van der Waals surface area contributed by atoms with E-state index >= 15 is 0 Å². The molecule has 4 fully saturated rings. The first kappa shape index (κ1) is 24.4. The molecule has 0 spiro atoms. The number of nitrogens with one attached hydrogen (secondary N) is 1. The van der Waals surface area contributed by atoms with Crippen molar-refractivity contribution in [3.05, 3.63) is 35.4 Å². The van der Waals surface area contributed by atoms with Crippen molar-refractivity contribution in [1.29, 1.82) is 0 Å². The Morgan fingerprint density at radius 3 is 2.43 bits per heavy atom. The molecule has 5 rings (SSSR count). The van der Waals surface area contributed by atoms with Gasteiger partial charge in [0.1, 0.15) is 30.9 Å². The third-order valence-corrected chi connectivity index (χ3v) is 7.99. The molecule has 1 aromatic carbocycles. The second-order valence-corrected chi connectivity index (χ2v) is 11.1. The fourth-order valence-corrected chi connectivity index (χ4v) is 5.94. The number of nitrogens with zero attached hydrogens (tertiary/aromatic N) is 2. The third kappa shape index (κ3) is 5.15. The van der Waals surface area contributed by atoms with Gasteiger partial charge in [0.2, 0.25) is 5.91 Å². The molecule has 1 saturated carbocycles. The van der Waals surface area contributed by atoms with Crippen molar-refractivity contribution < 1.29 is 24.2 Å². The van der Waals surface area contributed by atoms with E-state index < -0.39 is 24.3 Å². The van der Waals surface area contributed by atoms with Gasteiger partial charge in [0.05, 0.1) is 6.54 Å². The minimum Gasteiger partial charge on any atom is -0.388 e. The number of benzene rings is 1. The van der Waals surface area contributed by atoms with Crippen LogP contribution in [0.1, 0.15) is 67.8 Å². The highest BCUT2D eigenvalue weighted by Gasteiger charge is 2.52. The molecule has 190 valence electrons. The molecule has 0 bridgehead atoms. The van der Waals surface area contributed by atoms with Gasteiger partial charge in [0.25, 0.3) is 5.91 Å². The van der Waals surface area contributed by atoms with E-state index in [1.54, 1.807) is 0 Å². The maximum absolute atomic E-state index is 13.4. The van der Waals surface area contributed by atoms with Gasteiger partial charge in [-0.05, 0) is 74.7 Å². The minimum absolute atomic E-state index is 0.0403. The monoisotopic (exact) mass is 483 g/mol. The van der Waals surface area contributed by atoms with Gasteiger partial charge in [-0.25, -0.2) is 0 Å². The van der Waals surface area contributed by atoms with Crippen molar-refractivity contribution >= 4 is 17.6 Å². The van der Waals surface area contributed by atoms with E-state index in [0.717, 1.165) is 32.0 Å². The predicted octanol–water partition coefficient (Wildman–Crippen LogP) is 1.71. The number of aliphatic hydroxyl groups is 1. The molecule has 2 amide bonds. The van der Waals surface area contributed by atoms with E-state index in [9.17, 15) is 19.5 Å². The fraction of sp³-hybridized carbons (Fsp3) is 0.667. The lowest BCUT2D eigenvalue weighted by Gasteiger charge is -2.32. The van der Waals surface area contributed by atoms with Crippen LogP contribution < -0.4 is 5.32 Å². The van der Waals surface area contributed by atoms with Crippen LogP contribution in [0.2, 0.25) is 0 Å². The fourth-order valence-electron chi connectivity index (χ4n) is 5.94. The van der Waals surface area contributed by atoms with Gasteiger partial charge < -0.3 is 25.0 Å². The standard InChI is InChI=1S/C27H37N3O5/c1-16(2)13-21(27(34)30-14-22(31)25-24(30)23(32)15-35-25)28-26(33)19-5-3-17(4-6-19)18-9-11-29(12-10-18)20-7-8-20/h3-6,16,18,20-22,24-25,31H,7-15H2,1-2H3,(H,28,33)/t21-,22-,24+,25+/m0/s1. The Balaban J connectivity index is 1.23. The average Bonchev–Trinajstić information content (AvgIpc) is 3.55. The first-order chi connectivity index (χ1) is 16.8. The second kappa shape index (κ2) is 9.99. The lowest BCUT2D eigenvalue weighted by molar-refractivity contribution is -0.138. The Kier molecular flexibility index (Phi) is 6.97. The number of ether oxygens (including phenoxy) is 1. The molecule has 3 aliphatic heterocycles. The lowest BCUT2D eigenvalue weighted by Crippen LogP contribution is -2.52. The Hall–Kier alpha value is -2.29. The zero-order valence-corrected chi connectivity index (χ0v) is 20.7. The van der Waals surface area contributed by atoms with E-state index in [2.05, 4.69) is 10.2 Å². The van der Waals surface area contributed by atoms with E-state index in [1.807, 2.05) is 38.1 Å². The summed E-state index contributed by atoms with van der Waals surface area (Å²) in [5.41, 5.74) is 1.79. The van der Waals surface area contributed by atoms with Crippen molar-refractivity contribution in [2.45, 2.75) is 82.2 Å². The number of β-amino-alcohol motifs (C(OH)–C–C–N with tert-alkyl or cyclic N) is 1. The summed E-state index contributed by atoms with van der Waals surface area (Å²) in [6.45, 7) is 6.22. The molecule has 8 nitrogen and oxygen atoms in total. The molecular weight excluding hydrogens is 446 g/mol. The molecule has 0 aromatic heterocycles. The summed E-state index contributed by atoms with van der Waals surface area (Å²) >= 11 is 0. The topological polar surface area (TPSA) is 99.2 Å². The van der Waals surface area contributed by atoms with Crippen LogP contribution in [0.4, 0.5) is 0 Å². The number of Topliss-reactive ketones (excluding diaryl/α,β-unsaturated/α-hetero) is 1. The highest BCUT2D eigenvalue weighted by atomic mass is 16.5. The Morgan fingerprint density at radius 2 is 1.80 bits per heavy atom. The Morgan fingerprint density at radius 1 is 1.11 bits per heavy atom. The zero-order valence-electron chi connectivity index (χ0n) is 20.7. The molecule has 3 heterocycles. The van der Waals surface area contributed by atoms with E-state index in [4.69, 9.17) is 4.74 Å². The third-order valence-electron chi connectivity index (χ3n) is 7.99. The number of rotatable bonds is 7. The highest BCUT2D eigenvalue weighted by Crippen LogP contribution is 2.34. The highest BCUT2D eigenvalue weighted by molar-refractivity contribution is 5.99.